The summed E-state index contributed by atoms with van der Waals surface area (Å²) >= 11 is 0. The zero-order chi connectivity index (χ0) is 17.4. The van der Waals surface area contributed by atoms with Gasteiger partial charge in [-0.15, -0.1) is 0 Å². The molecule has 4 rings (SSSR count). The van der Waals surface area contributed by atoms with Gasteiger partial charge in [0.25, 0.3) is 5.91 Å². The van der Waals surface area contributed by atoms with Gasteiger partial charge < -0.3 is 14.8 Å². The van der Waals surface area contributed by atoms with E-state index in [1.54, 1.807) is 6.92 Å². The van der Waals surface area contributed by atoms with E-state index in [2.05, 4.69) is 5.32 Å². The van der Waals surface area contributed by atoms with E-state index < -0.39 is 6.10 Å². The van der Waals surface area contributed by atoms with Crippen molar-refractivity contribution in [3.8, 4) is 0 Å². The average Bonchev–Trinajstić information content (AvgIpc) is 3.12. The lowest BCUT2D eigenvalue weighted by atomic mass is 9.98. The van der Waals surface area contributed by atoms with Crippen LogP contribution >= 0.6 is 0 Å². The number of hydrogen-bond acceptors (Lipinski definition) is 4. The Morgan fingerprint density at radius 3 is 2.64 bits per heavy atom. The van der Waals surface area contributed by atoms with Gasteiger partial charge in [0.15, 0.2) is 0 Å². The quantitative estimate of drug-likeness (QED) is 0.688. The van der Waals surface area contributed by atoms with Crippen molar-refractivity contribution in [2.45, 2.75) is 19.4 Å². The summed E-state index contributed by atoms with van der Waals surface area (Å²) in [5, 5.41) is 2.86. The molecular formula is C20H17NO4. The van der Waals surface area contributed by atoms with Crippen LogP contribution in [0, 0.1) is 0 Å². The number of anilines is 1. The van der Waals surface area contributed by atoms with Gasteiger partial charge in [0.05, 0.1) is 18.6 Å². The van der Waals surface area contributed by atoms with Gasteiger partial charge in [-0.3, -0.25) is 9.59 Å². The van der Waals surface area contributed by atoms with Crippen LogP contribution < -0.4 is 5.32 Å². The highest BCUT2D eigenvalue weighted by atomic mass is 16.5. The molecule has 0 spiro atoms. The van der Waals surface area contributed by atoms with Crippen LogP contribution in [0.2, 0.25) is 0 Å². The topological polar surface area (TPSA) is 64.6 Å². The number of carbonyl (C=O) groups excluding carboxylic acids is 2. The summed E-state index contributed by atoms with van der Waals surface area (Å²) < 4.78 is 11.1. The third-order valence-corrected chi connectivity index (χ3v) is 4.37. The first kappa shape index (κ1) is 15.4. The molecule has 0 saturated heterocycles. The van der Waals surface area contributed by atoms with E-state index in [0.717, 1.165) is 22.4 Å². The van der Waals surface area contributed by atoms with Crippen LogP contribution in [0.25, 0.3) is 11.3 Å². The van der Waals surface area contributed by atoms with Crippen molar-refractivity contribution < 1.29 is 19.1 Å². The summed E-state index contributed by atoms with van der Waals surface area (Å²) in [5.41, 5.74) is 3.84. The fourth-order valence-corrected chi connectivity index (χ4v) is 3.31. The molecule has 2 aromatic rings. The standard InChI is InChI=1S/C20H17NO4/c1-2-24-17(22)11-16-12-7-3-4-8-13(12)19(25-16)18-14-9-5-6-10-15(14)21-20(18)23/h3-10,16H,2,11H2,1H3,(H,21,23). The highest BCUT2D eigenvalue weighted by Gasteiger charge is 2.36. The molecule has 0 saturated carbocycles. The van der Waals surface area contributed by atoms with Crippen molar-refractivity contribution in [3.05, 3.63) is 65.2 Å². The second-order valence-electron chi connectivity index (χ2n) is 5.91. The van der Waals surface area contributed by atoms with Crippen molar-refractivity contribution >= 4 is 28.9 Å². The number of hydrogen-bond donors (Lipinski definition) is 1. The fourth-order valence-electron chi connectivity index (χ4n) is 3.31. The number of esters is 1. The number of nitrogens with one attached hydrogen (secondary N) is 1. The Labute approximate surface area is 145 Å². The lowest BCUT2D eigenvalue weighted by Crippen LogP contribution is -2.10. The first-order valence-corrected chi connectivity index (χ1v) is 8.25. The molecule has 5 heteroatoms. The first-order chi connectivity index (χ1) is 12.2. The Morgan fingerprint density at radius 1 is 1.12 bits per heavy atom. The maximum Gasteiger partial charge on any atom is 0.309 e. The second kappa shape index (κ2) is 6.09. The zero-order valence-electron chi connectivity index (χ0n) is 13.7. The molecule has 0 aliphatic carbocycles. The molecule has 1 atom stereocenters. The Morgan fingerprint density at radius 2 is 1.84 bits per heavy atom. The van der Waals surface area contributed by atoms with Crippen LogP contribution in [0.1, 0.15) is 36.1 Å². The van der Waals surface area contributed by atoms with Crippen LogP contribution in [0.15, 0.2) is 48.5 Å². The highest BCUT2D eigenvalue weighted by molar-refractivity contribution is 6.36. The molecule has 2 aliphatic rings. The van der Waals surface area contributed by atoms with E-state index in [9.17, 15) is 9.59 Å². The van der Waals surface area contributed by atoms with Crippen LogP contribution in [0.3, 0.4) is 0 Å². The number of rotatable bonds is 3. The van der Waals surface area contributed by atoms with E-state index in [1.165, 1.54) is 0 Å². The predicted molar refractivity (Wildman–Crippen MR) is 93.4 cm³/mol. The molecule has 0 fully saturated rings. The smallest absolute Gasteiger partial charge is 0.309 e. The number of ether oxygens (including phenoxy) is 2. The summed E-state index contributed by atoms with van der Waals surface area (Å²) in [7, 11) is 0. The fraction of sp³-hybridized carbons (Fsp3) is 0.200. The molecule has 1 amide bonds. The summed E-state index contributed by atoms with van der Waals surface area (Å²) in [4.78, 5) is 24.4. The number of para-hydroxylation sites is 1. The number of carbonyl (C=O) groups is 2. The summed E-state index contributed by atoms with van der Waals surface area (Å²) in [6.07, 6.45) is -0.330. The number of fused-ring (bicyclic) bond motifs is 2. The van der Waals surface area contributed by atoms with E-state index in [1.807, 2.05) is 48.5 Å². The summed E-state index contributed by atoms with van der Waals surface area (Å²) in [6.45, 7) is 2.10. The van der Waals surface area contributed by atoms with Crippen LogP contribution in [0.5, 0.6) is 0 Å². The summed E-state index contributed by atoms with van der Waals surface area (Å²) in [6, 6.07) is 15.1. The van der Waals surface area contributed by atoms with Gasteiger partial charge >= 0.3 is 5.97 Å². The van der Waals surface area contributed by atoms with Gasteiger partial charge in [0.2, 0.25) is 0 Å². The van der Waals surface area contributed by atoms with E-state index in [-0.39, 0.29) is 18.3 Å². The Hall–Kier alpha value is -3.08. The molecule has 2 heterocycles. The van der Waals surface area contributed by atoms with Gasteiger partial charge in [-0.25, -0.2) is 0 Å². The molecule has 126 valence electrons. The molecule has 0 aromatic heterocycles. The Kier molecular flexibility index (Phi) is 3.76. The van der Waals surface area contributed by atoms with E-state index >= 15 is 0 Å². The van der Waals surface area contributed by atoms with Crippen LogP contribution in [0.4, 0.5) is 5.69 Å². The minimum atomic E-state index is -0.446. The normalized spacial score (nSPS) is 20.5. The molecule has 1 unspecified atom stereocenters. The Balaban J connectivity index is 1.80. The van der Waals surface area contributed by atoms with Crippen molar-refractivity contribution in [2.75, 3.05) is 11.9 Å². The predicted octanol–water partition coefficient (Wildman–Crippen LogP) is 3.53. The molecule has 2 aliphatic heterocycles. The molecule has 0 bridgehead atoms. The molecular weight excluding hydrogens is 318 g/mol. The number of benzene rings is 2. The van der Waals surface area contributed by atoms with Gasteiger partial charge in [-0.05, 0) is 13.0 Å². The van der Waals surface area contributed by atoms with E-state index in [0.29, 0.717) is 17.9 Å². The van der Waals surface area contributed by atoms with Gasteiger partial charge in [-0.1, -0.05) is 42.5 Å². The molecule has 2 aromatic carbocycles. The van der Waals surface area contributed by atoms with Crippen LogP contribution in [-0.2, 0) is 19.1 Å². The highest BCUT2D eigenvalue weighted by Crippen LogP contribution is 2.46. The van der Waals surface area contributed by atoms with Gasteiger partial charge in [0, 0.05) is 22.4 Å². The van der Waals surface area contributed by atoms with Gasteiger partial charge in [-0.2, -0.15) is 0 Å². The SMILES string of the molecule is CCOC(=O)CC1OC(=C2C(=O)Nc3ccccc32)c2ccccc21. The number of amides is 1. The minimum absolute atomic E-state index is 0.116. The lowest BCUT2D eigenvalue weighted by molar-refractivity contribution is -0.145. The van der Waals surface area contributed by atoms with Crippen molar-refractivity contribution in [1.29, 1.82) is 0 Å². The Bertz CT molecular complexity index is 900. The van der Waals surface area contributed by atoms with Crippen molar-refractivity contribution in [3.63, 3.8) is 0 Å². The third kappa shape index (κ3) is 2.58. The minimum Gasteiger partial charge on any atom is -0.484 e. The summed E-state index contributed by atoms with van der Waals surface area (Å²) in [5.74, 6) is 0.0139. The second-order valence-corrected chi connectivity index (χ2v) is 5.91. The van der Waals surface area contributed by atoms with Crippen molar-refractivity contribution in [1.82, 2.24) is 0 Å². The molecule has 25 heavy (non-hydrogen) atoms. The van der Waals surface area contributed by atoms with Crippen LogP contribution in [-0.4, -0.2) is 18.5 Å². The molecule has 0 radical (unpaired) electrons. The largest absolute Gasteiger partial charge is 0.484 e. The van der Waals surface area contributed by atoms with E-state index in [4.69, 9.17) is 9.47 Å². The zero-order valence-corrected chi connectivity index (χ0v) is 13.7. The molecule has 5 nitrogen and oxygen atoms in total. The average molecular weight is 335 g/mol. The van der Waals surface area contributed by atoms with Gasteiger partial charge in [0.1, 0.15) is 11.9 Å². The maximum absolute atomic E-state index is 12.5. The monoisotopic (exact) mass is 335 g/mol. The maximum atomic E-state index is 12.5. The third-order valence-electron chi connectivity index (χ3n) is 4.37. The first-order valence-electron chi connectivity index (χ1n) is 8.25. The van der Waals surface area contributed by atoms with Crippen molar-refractivity contribution in [2.24, 2.45) is 0 Å². The lowest BCUT2D eigenvalue weighted by Gasteiger charge is -2.12. The molecule has 1 N–H and O–H groups in total.